The van der Waals surface area contributed by atoms with Gasteiger partial charge in [-0.25, -0.2) is 32.1 Å². The molecule has 0 spiro atoms. The molecule has 0 unspecified atom stereocenters. The van der Waals surface area contributed by atoms with Crippen molar-refractivity contribution in [3.63, 3.8) is 0 Å². The molecule has 2 N–H and O–H groups in total. The van der Waals surface area contributed by atoms with E-state index in [1.54, 1.807) is 23.3 Å². The number of hydrogen-bond acceptors (Lipinski definition) is 2. The van der Waals surface area contributed by atoms with Crippen molar-refractivity contribution in [2.45, 2.75) is 33.6 Å². The number of aromatic hydroxyl groups is 2. The zero-order chi connectivity index (χ0) is 23.6. The predicted octanol–water partition coefficient (Wildman–Crippen LogP) is 6.83. The van der Waals surface area contributed by atoms with Gasteiger partial charge in [0.1, 0.15) is 23.1 Å². The molecule has 0 amide bonds. The summed E-state index contributed by atoms with van der Waals surface area (Å²) in [6.45, 7) is 8.24. The quantitative estimate of drug-likeness (QED) is 0.280. The van der Waals surface area contributed by atoms with Crippen molar-refractivity contribution in [3.05, 3.63) is 122 Å². The summed E-state index contributed by atoms with van der Waals surface area (Å²) in [6.07, 6.45) is 14.6. The Morgan fingerprint density at radius 1 is 0.818 bits per heavy atom. The van der Waals surface area contributed by atoms with Crippen molar-refractivity contribution in [1.82, 2.24) is 0 Å². The minimum absolute atomic E-state index is 0. The van der Waals surface area contributed by atoms with Gasteiger partial charge >= 0.3 is 30.2 Å². The van der Waals surface area contributed by atoms with E-state index in [0.29, 0.717) is 0 Å². The van der Waals surface area contributed by atoms with E-state index >= 15 is 0 Å². The summed E-state index contributed by atoms with van der Waals surface area (Å²) in [5, 5.41) is 17.2. The van der Waals surface area contributed by atoms with Crippen LogP contribution in [0.4, 0.5) is 8.78 Å². The summed E-state index contributed by atoms with van der Waals surface area (Å²) in [7, 11) is 0. The molecule has 2 nitrogen and oxygen atoms in total. The Balaban J connectivity index is -0.000000349. The first-order chi connectivity index (χ1) is 14.8. The molecule has 0 saturated carbocycles. The van der Waals surface area contributed by atoms with Crippen LogP contribution in [0, 0.1) is 38.6 Å². The van der Waals surface area contributed by atoms with Crippen LogP contribution in [0.25, 0.3) is 0 Å². The van der Waals surface area contributed by atoms with Crippen LogP contribution in [-0.4, -0.2) is 17.1 Å². The van der Waals surface area contributed by atoms with E-state index in [-0.39, 0.29) is 38.0 Å². The second-order valence-electron chi connectivity index (χ2n) is 6.48. The summed E-state index contributed by atoms with van der Waals surface area (Å²) in [5.74, 6) is -0.483. The first-order valence-corrected chi connectivity index (χ1v) is 15.4. The fourth-order valence-electron chi connectivity index (χ4n) is 2.13. The molecule has 2 aliphatic carbocycles. The van der Waals surface area contributed by atoms with E-state index < -0.39 is 0 Å². The number of phenols is 2. The van der Waals surface area contributed by atoms with E-state index in [2.05, 4.69) is 45.1 Å². The number of allylic oxidation sites excluding steroid dienone is 8. The number of halogens is 2. The van der Waals surface area contributed by atoms with E-state index in [4.69, 9.17) is 10.2 Å². The van der Waals surface area contributed by atoms with Gasteiger partial charge in [0.15, 0.2) is 0 Å². The van der Waals surface area contributed by atoms with Gasteiger partial charge in [-0.3, -0.25) is 12.2 Å². The van der Waals surface area contributed by atoms with Crippen LogP contribution in [0.1, 0.15) is 33.6 Å². The molecular formula is C27H34F2O2SiZr-4. The first-order valence-electron chi connectivity index (χ1n) is 9.48. The van der Waals surface area contributed by atoms with E-state index in [9.17, 15) is 8.78 Å². The average Bonchev–Trinajstić information content (AvgIpc) is 3.39. The van der Waals surface area contributed by atoms with Gasteiger partial charge in [0.2, 0.25) is 0 Å². The van der Waals surface area contributed by atoms with Crippen LogP contribution >= 0.6 is 0 Å². The van der Waals surface area contributed by atoms with Gasteiger partial charge in [0.05, 0.1) is 0 Å². The summed E-state index contributed by atoms with van der Waals surface area (Å²) >= 11 is 1.58. The third-order valence-corrected chi connectivity index (χ3v) is 3.63. The van der Waals surface area contributed by atoms with Crippen molar-refractivity contribution in [2.24, 2.45) is 0 Å². The van der Waals surface area contributed by atoms with Crippen LogP contribution in [0.5, 0.6) is 11.5 Å². The molecule has 2 aliphatic rings. The number of benzene rings is 2. The second-order valence-corrected chi connectivity index (χ2v) is 6.48. The van der Waals surface area contributed by atoms with Crippen LogP contribution in [0.2, 0.25) is 0 Å². The van der Waals surface area contributed by atoms with E-state index in [1.807, 2.05) is 13.0 Å². The van der Waals surface area contributed by atoms with Crippen LogP contribution in [0.15, 0.2) is 83.5 Å². The van der Waals surface area contributed by atoms with Gasteiger partial charge < -0.3 is 25.1 Å². The summed E-state index contributed by atoms with van der Waals surface area (Å²) < 4.78 is 24.0. The maximum atomic E-state index is 12.0. The Labute approximate surface area is 215 Å². The summed E-state index contributed by atoms with van der Waals surface area (Å²) in [6, 6.07) is 10.0. The van der Waals surface area contributed by atoms with Crippen LogP contribution in [-0.2, 0) is 23.3 Å². The Bertz CT molecular complexity index is 799. The topological polar surface area (TPSA) is 40.5 Å². The minimum atomic E-state index is -0.331. The first kappa shape index (κ1) is 35.5. The molecule has 0 heterocycles. The normalized spacial score (nSPS) is 11.9. The van der Waals surface area contributed by atoms with Gasteiger partial charge in [-0.2, -0.15) is 11.6 Å². The molecule has 0 radical (unpaired) electrons. The van der Waals surface area contributed by atoms with Crippen LogP contribution < -0.4 is 0 Å². The fourth-order valence-corrected chi connectivity index (χ4v) is 2.13. The van der Waals surface area contributed by atoms with Crippen LogP contribution in [0.3, 0.4) is 0 Å². The molecule has 0 aliphatic heterocycles. The number of hydrogen-bond donors (Lipinski definition) is 2. The fraction of sp³-hybridized carbons (Fsp3) is 0.185. The van der Waals surface area contributed by atoms with E-state index in [0.717, 1.165) is 12.8 Å². The Morgan fingerprint density at radius 2 is 1.24 bits per heavy atom. The SMILES string of the molecule is CC1=CC[C-]=C1.CC1=[C-]CC(C)=C1.Oc1ccc(F)cc1.Oc1ccc(F)cc1.[CH3-].[CH3-].[SiH2]=[Zr]. The third-order valence-electron chi connectivity index (χ3n) is 3.63. The van der Waals surface area contributed by atoms with Gasteiger partial charge in [-0.1, -0.05) is 13.8 Å². The Morgan fingerprint density at radius 3 is 1.39 bits per heavy atom. The zero-order valence-electron chi connectivity index (χ0n) is 20.1. The molecule has 0 aromatic heterocycles. The van der Waals surface area contributed by atoms with Gasteiger partial charge in [-0.15, -0.1) is 19.8 Å². The Hall–Kier alpha value is -2.04. The number of phenolic OH excluding ortho intramolecular Hbond substituents is 2. The summed E-state index contributed by atoms with van der Waals surface area (Å²) in [5.41, 5.74) is 4.06. The monoisotopic (exact) mass is 546 g/mol. The Kier molecular flexibility index (Phi) is 23.5. The van der Waals surface area contributed by atoms with Gasteiger partial charge in [0.25, 0.3) is 0 Å². The molecule has 180 valence electrons. The molecule has 0 fully saturated rings. The number of rotatable bonds is 0. The van der Waals surface area contributed by atoms with Crippen molar-refractivity contribution in [3.8, 4) is 11.5 Å². The van der Waals surface area contributed by atoms with Crippen molar-refractivity contribution in [1.29, 1.82) is 0 Å². The third kappa shape index (κ3) is 20.3. The van der Waals surface area contributed by atoms with Crippen molar-refractivity contribution in [2.75, 3.05) is 0 Å². The maximum absolute atomic E-state index is 12.0. The second kappa shape index (κ2) is 21.8. The zero-order valence-corrected chi connectivity index (χ0v) is 24.0. The van der Waals surface area contributed by atoms with Gasteiger partial charge in [0, 0.05) is 0 Å². The van der Waals surface area contributed by atoms with E-state index in [1.165, 1.54) is 65.3 Å². The van der Waals surface area contributed by atoms with Gasteiger partial charge in [-0.05, 0) is 48.5 Å². The molecule has 33 heavy (non-hydrogen) atoms. The average molecular weight is 548 g/mol. The molecule has 0 saturated heterocycles. The molecule has 0 atom stereocenters. The molecule has 6 heteroatoms. The molecule has 2 aromatic carbocycles. The van der Waals surface area contributed by atoms with Crippen molar-refractivity contribution < 1.29 is 42.3 Å². The molecule has 0 bridgehead atoms. The molecular weight excluding hydrogens is 514 g/mol. The van der Waals surface area contributed by atoms with Crippen molar-refractivity contribution >= 4 is 6.88 Å². The standard InChI is InChI=1S/C7H9.2C6H5FO.C6H7.2CH3.H2Si.Zr/c1-6-3-4-7(2)5-6;2*7-5-1-3-6(8)4-2-5;1-6-4-2-3-5-6;;;;/h5H,3H2,1-2H3;2*1-4,8H;4-5H,2H2,1H3;2*1H3;1H2;/q-1;;;3*-1;;. The molecule has 2 aromatic rings. The predicted molar refractivity (Wildman–Crippen MR) is 134 cm³/mol. The molecule has 4 rings (SSSR count). The summed E-state index contributed by atoms with van der Waals surface area (Å²) in [4.78, 5) is 0.